The average Bonchev–Trinajstić information content (AvgIpc) is 2.90. The van der Waals surface area contributed by atoms with E-state index in [1.807, 2.05) is 0 Å². The van der Waals surface area contributed by atoms with Crippen LogP contribution >= 0.6 is 0 Å². The maximum atomic E-state index is 12.4. The van der Waals surface area contributed by atoms with Gasteiger partial charge in [-0.3, -0.25) is 4.79 Å². The highest BCUT2D eigenvalue weighted by Gasteiger charge is 2.30. The molecule has 2 N–H and O–H groups in total. The summed E-state index contributed by atoms with van der Waals surface area (Å²) in [4.78, 5) is 25.0. The van der Waals surface area contributed by atoms with Crippen LogP contribution in [0.25, 0.3) is 0 Å². The van der Waals surface area contributed by atoms with Gasteiger partial charge in [-0.2, -0.15) is 0 Å². The van der Waals surface area contributed by atoms with Gasteiger partial charge in [0.25, 0.3) is 0 Å². The minimum Gasteiger partial charge on any atom is -0.478 e. The van der Waals surface area contributed by atoms with Gasteiger partial charge in [0, 0.05) is 19.6 Å². The van der Waals surface area contributed by atoms with Crippen molar-refractivity contribution in [1.82, 2.24) is 10.2 Å². The Bertz CT molecular complexity index is 552. The number of morpholine rings is 1. The Morgan fingerprint density at radius 3 is 2.80 bits per heavy atom. The van der Waals surface area contributed by atoms with Crippen molar-refractivity contribution in [3.8, 4) is 0 Å². The lowest BCUT2D eigenvalue weighted by molar-refractivity contribution is -0.137. The van der Waals surface area contributed by atoms with Crippen LogP contribution in [-0.2, 0) is 22.6 Å². The number of hydrogen-bond donors (Lipinski definition) is 2. The number of ether oxygens (including phenoxy) is 1. The van der Waals surface area contributed by atoms with Gasteiger partial charge >= 0.3 is 5.97 Å². The van der Waals surface area contributed by atoms with Crippen molar-refractivity contribution < 1.29 is 19.4 Å². The van der Waals surface area contributed by atoms with Gasteiger partial charge in [0.05, 0.1) is 18.8 Å². The first-order chi connectivity index (χ1) is 9.65. The highest BCUT2D eigenvalue weighted by Crippen LogP contribution is 2.24. The molecular formula is C14H16N2O4. The van der Waals surface area contributed by atoms with Gasteiger partial charge in [-0.1, -0.05) is 6.07 Å². The summed E-state index contributed by atoms with van der Waals surface area (Å²) in [5.74, 6) is -0.933. The zero-order valence-electron chi connectivity index (χ0n) is 11.0. The predicted molar refractivity (Wildman–Crippen MR) is 70.3 cm³/mol. The van der Waals surface area contributed by atoms with Crippen molar-refractivity contribution in [2.24, 2.45) is 0 Å². The fraction of sp³-hybridized carbons (Fsp3) is 0.429. The number of carbonyl (C=O) groups excluding carboxylic acids is 1. The van der Waals surface area contributed by atoms with Crippen LogP contribution in [0, 0.1) is 0 Å². The van der Waals surface area contributed by atoms with Crippen LogP contribution in [0.3, 0.4) is 0 Å². The summed E-state index contributed by atoms with van der Waals surface area (Å²) in [6.45, 7) is 2.71. The summed E-state index contributed by atoms with van der Waals surface area (Å²) in [6, 6.07) is 4.72. The second kappa shape index (κ2) is 5.22. The van der Waals surface area contributed by atoms with Crippen LogP contribution in [-0.4, -0.2) is 47.7 Å². The van der Waals surface area contributed by atoms with Crippen molar-refractivity contribution in [1.29, 1.82) is 0 Å². The summed E-state index contributed by atoms with van der Waals surface area (Å²) in [7, 11) is 0. The van der Waals surface area contributed by atoms with Crippen molar-refractivity contribution in [2.75, 3.05) is 19.8 Å². The molecule has 1 aromatic rings. The SMILES string of the molecule is O=C(O)c1ccc2c(c1)CN(C(=O)C1COCCN1)C2. The number of rotatable bonds is 2. The third-order valence-corrected chi connectivity index (χ3v) is 3.71. The maximum Gasteiger partial charge on any atom is 0.335 e. The molecule has 0 radical (unpaired) electrons. The third-order valence-electron chi connectivity index (χ3n) is 3.71. The highest BCUT2D eigenvalue weighted by molar-refractivity contribution is 5.88. The molecular weight excluding hydrogens is 260 g/mol. The van der Waals surface area contributed by atoms with Crippen LogP contribution in [0.2, 0.25) is 0 Å². The monoisotopic (exact) mass is 276 g/mol. The van der Waals surface area contributed by atoms with Crippen molar-refractivity contribution in [3.05, 3.63) is 34.9 Å². The number of hydrogen-bond acceptors (Lipinski definition) is 4. The standard InChI is InChI=1S/C14H16N2O4/c17-13(12-8-20-4-3-15-12)16-6-10-2-1-9(14(18)19)5-11(10)7-16/h1-2,5,12,15H,3-4,6-8H2,(H,18,19). The third kappa shape index (κ3) is 2.39. The number of amides is 1. The molecule has 1 saturated heterocycles. The first-order valence-corrected chi connectivity index (χ1v) is 6.60. The van der Waals surface area contributed by atoms with E-state index in [4.69, 9.17) is 9.84 Å². The van der Waals surface area contributed by atoms with Gasteiger partial charge < -0.3 is 20.1 Å². The van der Waals surface area contributed by atoms with E-state index in [-0.39, 0.29) is 17.5 Å². The molecule has 2 aliphatic heterocycles. The molecule has 6 heteroatoms. The molecule has 0 aromatic heterocycles. The first-order valence-electron chi connectivity index (χ1n) is 6.60. The number of carboxylic acid groups (broad SMARTS) is 1. The molecule has 6 nitrogen and oxygen atoms in total. The van der Waals surface area contributed by atoms with E-state index >= 15 is 0 Å². The number of benzene rings is 1. The Hall–Kier alpha value is -1.92. The van der Waals surface area contributed by atoms with Crippen LogP contribution in [0.5, 0.6) is 0 Å². The molecule has 0 saturated carbocycles. The molecule has 0 aliphatic carbocycles. The molecule has 1 fully saturated rings. The van der Waals surface area contributed by atoms with Gasteiger partial charge in [0.15, 0.2) is 0 Å². The zero-order valence-corrected chi connectivity index (χ0v) is 11.0. The van der Waals surface area contributed by atoms with Crippen LogP contribution in [0.1, 0.15) is 21.5 Å². The minimum absolute atomic E-state index is 0.0118. The van der Waals surface area contributed by atoms with E-state index < -0.39 is 5.97 Å². The first kappa shape index (κ1) is 13.1. The molecule has 2 heterocycles. The summed E-state index contributed by atoms with van der Waals surface area (Å²) in [5.41, 5.74) is 2.19. The van der Waals surface area contributed by atoms with Gasteiger partial charge in [0.2, 0.25) is 5.91 Å². The Morgan fingerprint density at radius 1 is 1.30 bits per heavy atom. The molecule has 1 aromatic carbocycles. The Morgan fingerprint density at radius 2 is 2.10 bits per heavy atom. The Kier molecular flexibility index (Phi) is 3.42. The van der Waals surface area contributed by atoms with Crippen LogP contribution < -0.4 is 5.32 Å². The second-order valence-electron chi connectivity index (χ2n) is 5.06. The minimum atomic E-state index is -0.945. The topological polar surface area (TPSA) is 78.9 Å². The smallest absolute Gasteiger partial charge is 0.335 e. The molecule has 106 valence electrons. The van der Waals surface area contributed by atoms with Crippen molar-refractivity contribution in [2.45, 2.75) is 19.1 Å². The fourth-order valence-electron chi connectivity index (χ4n) is 2.63. The van der Waals surface area contributed by atoms with Crippen LogP contribution in [0.15, 0.2) is 18.2 Å². The number of carboxylic acids is 1. The number of fused-ring (bicyclic) bond motifs is 1. The Balaban J connectivity index is 1.73. The predicted octanol–water partition coefficient (Wildman–Crippen LogP) is 0.215. The molecule has 1 atom stereocenters. The molecule has 0 bridgehead atoms. The van der Waals surface area contributed by atoms with E-state index in [1.165, 1.54) is 0 Å². The molecule has 3 rings (SSSR count). The number of nitrogens with one attached hydrogen (secondary N) is 1. The normalized spacial score (nSPS) is 21.6. The van der Waals surface area contributed by atoms with Crippen molar-refractivity contribution >= 4 is 11.9 Å². The Labute approximate surface area is 116 Å². The number of nitrogens with zero attached hydrogens (tertiary/aromatic N) is 1. The average molecular weight is 276 g/mol. The molecule has 20 heavy (non-hydrogen) atoms. The lowest BCUT2D eigenvalue weighted by Gasteiger charge is -2.27. The number of carbonyl (C=O) groups is 2. The van der Waals surface area contributed by atoms with Crippen molar-refractivity contribution in [3.63, 3.8) is 0 Å². The fourth-order valence-corrected chi connectivity index (χ4v) is 2.63. The van der Waals surface area contributed by atoms with E-state index in [9.17, 15) is 9.59 Å². The van der Waals surface area contributed by atoms with E-state index in [1.54, 1.807) is 23.1 Å². The lowest BCUT2D eigenvalue weighted by Crippen LogP contribution is -2.51. The second-order valence-corrected chi connectivity index (χ2v) is 5.06. The van der Waals surface area contributed by atoms with Gasteiger partial charge in [-0.05, 0) is 23.3 Å². The van der Waals surface area contributed by atoms with E-state index in [0.29, 0.717) is 32.8 Å². The quantitative estimate of drug-likeness (QED) is 0.807. The van der Waals surface area contributed by atoms with Gasteiger partial charge in [-0.15, -0.1) is 0 Å². The highest BCUT2D eigenvalue weighted by atomic mass is 16.5. The zero-order chi connectivity index (χ0) is 14.1. The summed E-state index contributed by atoms with van der Waals surface area (Å²) < 4.78 is 5.30. The molecule has 1 amide bonds. The lowest BCUT2D eigenvalue weighted by atomic mass is 10.1. The molecule has 2 aliphatic rings. The summed E-state index contributed by atoms with van der Waals surface area (Å²) in [5, 5.41) is 12.1. The van der Waals surface area contributed by atoms with Gasteiger partial charge in [-0.25, -0.2) is 4.79 Å². The van der Waals surface area contributed by atoms with E-state index in [0.717, 1.165) is 11.1 Å². The van der Waals surface area contributed by atoms with E-state index in [2.05, 4.69) is 5.32 Å². The summed E-state index contributed by atoms with van der Waals surface area (Å²) >= 11 is 0. The molecule has 1 unspecified atom stereocenters. The van der Waals surface area contributed by atoms with Gasteiger partial charge in [0.1, 0.15) is 6.04 Å². The van der Waals surface area contributed by atoms with Crippen LogP contribution in [0.4, 0.5) is 0 Å². The number of aromatic carboxylic acids is 1. The largest absolute Gasteiger partial charge is 0.478 e. The summed E-state index contributed by atoms with van der Waals surface area (Å²) in [6.07, 6.45) is 0. The maximum absolute atomic E-state index is 12.4. The molecule has 0 spiro atoms.